The summed E-state index contributed by atoms with van der Waals surface area (Å²) in [6, 6.07) is 12.8. The highest BCUT2D eigenvalue weighted by molar-refractivity contribution is 9.10. The zero-order chi connectivity index (χ0) is 13.1. The van der Waals surface area contributed by atoms with Crippen molar-refractivity contribution in [1.29, 1.82) is 0 Å². The molecule has 2 aromatic carbocycles. The molecule has 0 radical (unpaired) electrons. The molecule has 1 N–H and O–H groups in total. The van der Waals surface area contributed by atoms with Crippen molar-refractivity contribution in [2.24, 2.45) is 0 Å². The Morgan fingerprint density at radius 3 is 2.44 bits per heavy atom. The first-order chi connectivity index (χ1) is 8.56. The molecule has 0 aliphatic carbocycles. The molecule has 0 unspecified atom stereocenters. The van der Waals surface area contributed by atoms with E-state index >= 15 is 0 Å². The first-order valence-electron chi connectivity index (χ1n) is 5.43. The molecule has 0 aromatic heterocycles. The van der Waals surface area contributed by atoms with E-state index in [1.54, 1.807) is 24.3 Å². The highest BCUT2D eigenvalue weighted by Crippen LogP contribution is 2.20. The molecule has 0 spiro atoms. The number of thiol groups is 1. The summed E-state index contributed by atoms with van der Waals surface area (Å²) in [5.74, 6) is -0.120. The average Bonchev–Trinajstić information content (AvgIpc) is 2.34. The number of amides is 1. The Kier molecular flexibility index (Phi) is 4.09. The normalized spacial score (nSPS) is 10.2. The summed E-state index contributed by atoms with van der Waals surface area (Å²) in [6.07, 6.45) is 0. The zero-order valence-corrected chi connectivity index (χ0v) is 12.3. The summed E-state index contributed by atoms with van der Waals surface area (Å²) >= 11 is 7.61. The number of hydrogen-bond acceptors (Lipinski definition) is 2. The topological polar surface area (TPSA) is 29.1 Å². The standard InChI is InChI=1S/C14H12BrNOS/c1-9-8-11(4-7-13(9)15)16-14(17)10-2-5-12(18)6-3-10/h2-8,18H,1H3,(H,16,17). The number of nitrogens with one attached hydrogen (secondary N) is 1. The minimum absolute atomic E-state index is 0.120. The van der Waals surface area contributed by atoms with E-state index in [0.29, 0.717) is 5.56 Å². The molecule has 1 amide bonds. The van der Waals surface area contributed by atoms with Gasteiger partial charge in [-0.1, -0.05) is 15.9 Å². The van der Waals surface area contributed by atoms with Crippen molar-refractivity contribution in [2.45, 2.75) is 11.8 Å². The van der Waals surface area contributed by atoms with Gasteiger partial charge in [0.1, 0.15) is 0 Å². The van der Waals surface area contributed by atoms with Gasteiger partial charge in [-0.3, -0.25) is 4.79 Å². The van der Waals surface area contributed by atoms with E-state index in [-0.39, 0.29) is 5.91 Å². The van der Waals surface area contributed by atoms with Gasteiger partial charge in [0, 0.05) is 20.6 Å². The second-order valence-corrected chi connectivity index (χ2v) is 5.34. The second kappa shape index (κ2) is 5.59. The Balaban J connectivity index is 2.16. The molecule has 2 aromatic rings. The van der Waals surface area contributed by atoms with Gasteiger partial charge in [-0.15, -0.1) is 12.6 Å². The molecular weight excluding hydrogens is 310 g/mol. The van der Waals surface area contributed by atoms with Crippen LogP contribution in [0.4, 0.5) is 5.69 Å². The lowest BCUT2D eigenvalue weighted by molar-refractivity contribution is 0.102. The van der Waals surface area contributed by atoms with Crippen molar-refractivity contribution in [3.8, 4) is 0 Å². The number of aryl methyl sites for hydroxylation is 1. The first kappa shape index (κ1) is 13.2. The van der Waals surface area contributed by atoms with Gasteiger partial charge in [0.15, 0.2) is 0 Å². The van der Waals surface area contributed by atoms with E-state index in [1.807, 2.05) is 25.1 Å². The predicted molar refractivity (Wildman–Crippen MR) is 80.5 cm³/mol. The van der Waals surface area contributed by atoms with Crippen LogP contribution in [0.1, 0.15) is 15.9 Å². The van der Waals surface area contributed by atoms with Gasteiger partial charge in [-0.2, -0.15) is 0 Å². The Morgan fingerprint density at radius 1 is 1.17 bits per heavy atom. The molecule has 0 fully saturated rings. The molecule has 0 bridgehead atoms. The van der Waals surface area contributed by atoms with E-state index in [9.17, 15) is 4.79 Å². The minimum atomic E-state index is -0.120. The molecule has 92 valence electrons. The Bertz CT molecular complexity index is 581. The Hall–Kier alpha value is -1.26. The fourth-order valence-corrected chi connectivity index (χ4v) is 1.93. The van der Waals surface area contributed by atoms with Crippen LogP contribution < -0.4 is 5.32 Å². The van der Waals surface area contributed by atoms with Crippen molar-refractivity contribution in [3.63, 3.8) is 0 Å². The molecule has 0 aliphatic heterocycles. The lowest BCUT2D eigenvalue weighted by atomic mass is 10.2. The van der Waals surface area contributed by atoms with Gasteiger partial charge in [0.05, 0.1) is 0 Å². The number of carbonyl (C=O) groups excluding carboxylic acids is 1. The summed E-state index contributed by atoms with van der Waals surface area (Å²) in [5, 5.41) is 2.86. The predicted octanol–water partition coefficient (Wildman–Crippen LogP) is 4.30. The molecule has 18 heavy (non-hydrogen) atoms. The Morgan fingerprint density at radius 2 is 1.83 bits per heavy atom. The number of halogens is 1. The molecule has 0 heterocycles. The smallest absolute Gasteiger partial charge is 0.255 e. The van der Waals surface area contributed by atoms with E-state index in [1.165, 1.54) is 0 Å². The summed E-state index contributed by atoms with van der Waals surface area (Å²) in [6.45, 7) is 1.98. The van der Waals surface area contributed by atoms with Gasteiger partial charge < -0.3 is 5.32 Å². The fourth-order valence-electron chi connectivity index (χ4n) is 1.54. The maximum Gasteiger partial charge on any atom is 0.255 e. The van der Waals surface area contributed by atoms with Crippen molar-refractivity contribution in [3.05, 3.63) is 58.1 Å². The first-order valence-corrected chi connectivity index (χ1v) is 6.67. The molecule has 2 rings (SSSR count). The van der Waals surface area contributed by atoms with Crippen LogP contribution in [-0.4, -0.2) is 5.91 Å². The van der Waals surface area contributed by atoms with Gasteiger partial charge in [0.2, 0.25) is 0 Å². The van der Waals surface area contributed by atoms with Gasteiger partial charge >= 0.3 is 0 Å². The summed E-state index contributed by atoms with van der Waals surface area (Å²) < 4.78 is 1.03. The molecule has 0 saturated heterocycles. The lowest BCUT2D eigenvalue weighted by Gasteiger charge is -2.07. The third kappa shape index (κ3) is 3.15. The number of anilines is 1. The maximum atomic E-state index is 12.0. The van der Waals surface area contributed by atoms with Crippen LogP contribution in [0, 0.1) is 6.92 Å². The van der Waals surface area contributed by atoms with Crippen LogP contribution >= 0.6 is 28.6 Å². The number of rotatable bonds is 2. The molecule has 0 saturated carbocycles. The molecule has 0 aliphatic rings. The monoisotopic (exact) mass is 321 g/mol. The van der Waals surface area contributed by atoms with Crippen LogP contribution in [-0.2, 0) is 0 Å². The van der Waals surface area contributed by atoms with Crippen molar-refractivity contribution < 1.29 is 4.79 Å². The Labute approximate surface area is 120 Å². The van der Waals surface area contributed by atoms with Crippen LogP contribution in [0.3, 0.4) is 0 Å². The minimum Gasteiger partial charge on any atom is -0.322 e. The molecular formula is C14H12BrNOS. The van der Waals surface area contributed by atoms with Crippen LogP contribution in [0.5, 0.6) is 0 Å². The van der Waals surface area contributed by atoms with Gasteiger partial charge in [0.25, 0.3) is 5.91 Å². The highest BCUT2D eigenvalue weighted by atomic mass is 79.9. The fraction of sp³-hybridized carbons (Fsp3) is 0.0714. The largest absolute Gasteiger partial charge is 0.322 e. The van der Waals surface area contributed by atoms with E-state index in [4.69, 9.17) is 0 Å². The average molecular weight is 322 g/mol. The van der Waals surface area contributed by atoms with Gasteiger partial charge in [-0.25, -0.2) is 0 Å². The van der Waals surface area contributed by atoms with Gasteiger partial charge in [-0.05, 0) is 55.0 Å². The van der Waals surface area contributed by atoms with Crippen molar-refractivity contribution in [2.75, 3.05) is 5.32 Å². The second-order valence-electron chi connectivity index (χ2n) is 3.96. The number of carbonyl (C=O) groups is 1. The van der Waals surface area contributed by atoms with Crippen LogP contribution in [0.2, 0.25) is 0 Å². The summed E-state index contributed by atoms with van der Waals surface area (Å²) in [7, 11) is 0. The third-order valence-electron chi connectivity index (χ3n) is 2.55. The van der Waals surface area contributed by atoms with Crippen molar-refractivity contribution in [1.82, 2.24) is 0 Å². The van der Waals surface area contributed by atoms with Crippen LogP contribution in [0.25, 0.3) is 0 Å². The van der Waals surface area contributed by atoms with Crippen molar-refractivity contribution >= 4 is 40.2 Å². The summed E-state index contributed by atoms with van der Waals surface area (Å²) in [5.41, 5.74) is 2.49. The lowest BCUT2D eigenvalue weighted by Crippen LogP contribution is -2.11. The quantitative estimate of drug-likeness (QED) is 0.793. The summed E-state index contributed by atoms with van der Waals surface area (Å²) in [4.78, 5) is 12.8. The van der Waals surface area contributed by atoms with E-state index in [2.05, 4.69) is 33.9 Å². The third-order valence-corrected chi connectivity index (χ3v) is 3.73. The van der Waals surface area contributed by atoms with Crippen LogP contribution in [0.15, 0.2) is 51.8 Å². The SMILES string of the molecule is Cc1cc(NC(=O)c2ccc(S)cc2)ccc1Br. The van der Waals surface area contributed by atoms with E-state index < -0.39 is 0 Å². The molecule has 2 nitrogen and oxygen atoms in total. The number of benzene rings is 2. The highest BCUT2D eigenvalue weighted by Gasteiger charge is 2.06. The zero-order valence-electron chi connectivity index (χ0n) is 9.77. The molecule has 0 atom stereocenters. The maximum absolute atomic E-state index is 12.0. The number of hydrogen-bond donors (Lipinski definition) is 2. The van der Waals surface area contributed by atoms with E-state index in [0.717, 1.165) is 20.6 Å². The molecule has 4 heteroatoms.